The summed E-state index contributed by atoms with van der Waals surface area (Å²) in [7, 11) is 0. The summed E-state index contributed by atoms with van der Waals surface area (Å²) in [6.45, 7) is 0. The molecule has 2 heterocycles. The smallest absolute Gasteiger partial charge is 0.236 e. The number of nitrogens with zero attached hydrogens (tertiary/aromatic N) is 4. The zero-order valence-electron chi connectivity index (χ0n) is 9.87. The minimum atomic E-state index is -4.58. The maximum atomic E-state index is 12.7. The lowest BCUT2D eigenvalue weighted by molar-refractivity contribution is -0.137. The standard InChI is InChI=1S/C11H4ClF5N4/c12-9-6(3-18)8(10(13)14)20-21(9)7-2-1-5(4-19-7)11(15,16)17/h1-2,4,10H. The van der Waals surface area contributed by atoms with Crippen molar-refractivity contribution in [1.82, 2.24) is 14.8 Å². The van der Waals surface area contributed by atoms with Crippen LogP contribution in [0.4, 0.5) is 22.0 Å². The molecular formula is C11H4ClF5N4. The average Bonchev–Trinajstić information content (AvgIpc) is 2.75. The maximum Gasteiger partial charge on any atom is 0.417 e. The number of alkyl halides is 5. The molecule has 2 aromatic heterocycles. The molecule has 0 saturated carbocycles. The van der Waals surface area contributed by atoms with Crippen molar-refractivity contribution in [3.05, 3.63) is 40.3 Å². The van der Waals surface area contributed by atoms with Gasteiger partial charge >= 0.3 is 6.18 Å². The summed E-state index contributed by atoms with van der Waals surface area (Å²) in [6.07, 6.45) is -7.11. The Bertz CT molecular complexity index is 699. The molecule has 4 nitrogen and oxygen atoms in total. The van der Waals surface area contributed by atoms with Gasteiger partial charge in [-0.1, -0.05) is 11.6 Å². The van der Waals surface area contributed by atoms with E-state index in [9.17, 15) is 22.0 Å². The molecule has 0 unspecified atom stereocenters. The highest BCUT2D eigenvalue weighted by molar-refractivity contribution is 6.31. The molecule has 0 aliphatic heterocycles. The van der Waals surface area contributed by atoms with Crippen LogP contribution in [0.15, 0.2) is 18.3 Å². The molecule has 110 valence electrons. The first-order valence-electron chi connectivity index (χ1n) is 5.26. The Hall–Kier alpha value is -2.21. The predicted octanol–water partition coefficient (Wildman–Crippen LogP) is 3.75. The van der Waals surface area contributed by atoms with Gasteiger partial charge in [-0.2, -0.15) is 23.5 Å². The molecule has 0 amide bonds. The predicted molar refractivity (Wildman–Crippen MR) is 61.0 cm³/mol. The van der Waals surface area contributed by atoms with Crippen LogP contribution in [0.25, 0.3) is 5.82 Å². The summed E-state index contributed by atoms with van der Waals surface area (Å²) in [5.74, 6) is -0.212. The fraction of sp³-hybridized carbons (Fsp3) is 0.182. The first kappa shape index (κ1) is 15.2. The SMILES string of the molecule is N#Cc1c(C(F)F)nn(-c2ccc(C(F)(F)F)cn2)c1Cl. The van der Waals surface area contributed by atoms with Crippen LogP contribution in [0.2, 0.25) is 5.15 Å². The largest absolute Gasteiger partial charge is 0.417 e. The maximum absolute atomic E-state index is 12.7. The normalized spacial score (nSPS) is 11.7. The zero-order valence-corrected chi connectivity index (χ0v) is 10.6. The van der Waals surface area contributed by atoms with Gasteiger partial charge in [0, 0.05) is 6.20 Å². The third-order valence-corrected chi connectivity index (χ3v) is 2.82. The van der Waals surface area contributed by atoms with Crippen molar-refractivity contribution in [3.63, 3.8) is 0 Å². The number of pyridine rings is 1. The van der Waals surface area contributed by atoms with Gasteiger partial charge in [0.1, 0.15) is 17.3 Å². The molecular weight excluding hydrogens is 319 g/mol. The molecule has 0 bridgehead atoms. The van der Waals surface area contributed by atoms with Gasteiger partial charge in [0.2, 0.25) is 0 Å². The summed E-state index contributed by atoms with van der Waals surface area (Å²) in [5.41, 5.74) is -2.42. The van der Waals surface area contributed by atoms with Crippen molar-refractivity contribution in [2.24, 2.45) is 0 Å². The van der Waals surface area contributed by atoms with Crippen LogP contribution in [0.1, 0.15) is 23.2 Å². The van der Waals surface area contributed by atoms with Crippen LogP contribution >= 0.6 is 11.6 Å². The van der Waals surface area contributed by atoms with Gasteiger partial charge in [-0.15, -0.1) is 0 Å². The fourth-order valence-corrected chi connectivity index (χ4v) is 1.76. The highest BCUT2D eigenvalue weighted by atomic mass is 35.5. The molecule has 0 N–H and O–H groups in total. The van der Waals surface area contributed by atoms with Gasteiger partial charge < -0.3 is 0 Å². The Morgan fingerprint density at radius 3 is 2.33 bits per heavy atom. The van der Waals surface area contributed by atoms with E-state index in [0.29, 0.717) is 16.9 Å². The lowest BCUT2D eigenvalue weighted by Crippen LogP contribution is -2.07. The summed E-state index contributed by atoms with van der Waals surface area (Å²) in [5, 5.41) is 11.7. The first-order valence-corrected chi connectivity index (χ1v) is 5.63. The molecule has 2 aromatic rings. The van der Waals surface area contributed by atoms with Crippen molar-refractivity contribution in [2.75, 3.05) is 0 Å². The Labute approximate surface area is 119 Å². The van der Waals surface area contributed by atoms with Crippen LogP contribution in [-0.4, -0.2) is 14.8 Å². The van der Waals surface area contributed by atoms with Gasteiger partial charge in [0.05, 0.1) is 5.56 Å². The summed E-state index contributed by atoms with van der Waals surface area (Å²) in [6, 6.07) is 3.09. The van der Waals surface area contributed by atoms with Crippen LogP contribution in [0.5, 0.6) is 0 Å². The summed E-state index contributed by atoms with van der Waals surface area (Å²) < 4.78 is 63.3. The third kappa shape index (κ3) is 2.80. The molecule has 0 radical (unpaired) electrons. The van der Waals surface area contributed by atoms with Crippen LogP contribution in [-0.2, 0) is 6.18 Å². The molecule has 2 rings (SSSR count). The van der Waals surface area contributed by atoms with Crippen molar-refractivity contribution in [1.29, 1.82) is 5.26 Å². The molecule has 10 heteroatoms. The van der Waals surface area contributed by atoms with E-state index in [1.165, 1.54) is 6.07 Å². The van der Waals surface area contributed by atoms with Gasteiger partial charge in [0.15, 0.2) is 11.0 Å². The topological polar surface area (TPSA) is 54.5 Å². The van der Waals surface area contributed by atoms with Crippen molar-refractivity contribution < 1.29 is 22.0 Å². The molecule has 0 aromatic carbocycles. The van der Waals surface area contributed by atoms with E-state index < -0.39 is 34.6 Å². The molecule has 21 heavy (non-hydrogen) atoms. The lowest BCUT2D eigenvalue weighted by atomic mass is 10.3. The van der Waals surface area contributed by atoms with E-state index in [4.69, 9.17) is 16.9 Å². The van der Waals surface area contributed by atoms with Crippen LogP contribution in [0.3, 0.4) is 0 Å². The second-order valence-corrected chi connectivity index (χ2v) is 4.14. The second kappa shape index (κ2) is 5.29. The Kier molecular flexibility index (Phi) is 3.82. The first-order chi connectivity index (χ1) is 9.75. The van der Waals surface area contributed by atoms with Crippen LogP contribution < -0.4 is 0 Å². The molecule has 0 aliphatic rings. The molecule has 0 spiro atoms. The highest BCUT2D eigenvalue weighted by Crippen LogP contribution is 2.31. The van der Waals surface area contributed by atoms with E-state index in [2.05, 4.69) is 10.1 Å². The number of nitriles is 1. The van der Waals surface area contributed by atoms with E-state index in [1.54, 1.807) is 0 Å². The number of aromatic nitrogens is 3. The number of rotatable bonds is 2. The van der Waals surface area contributed by atoms with Gasteiger partial charge in [-0.05, 0) is 12.1 Å². The Morgan fingerprint density at radius 1 is 1.29 bits per heavy atom. The summed E-state index contributed by atoms with van der Waals surface area (Å²) >= 11 is 5.72. The van der Waals surface area contributed by atoms with E-state index in [1.807, 2.05) is 0 Å². The lowest BCUT2D eigenvalue weighted by Gasteiger charge is -2.07. The Balaban J connectivity index is 2.51. The minimum absolute atomic E-state index is 0.212. The minimum Gasteiger partial charge on any atom is -0.236 e. The monoisotopic (exact) mass is 322 g/mol. The van der Waals surface area contributed by atoms with E-state index in [0.717, 1.165) is 6.07 Å². The van der Waals surface area contributed by atoms with Gasteiger partial charge in [-0.3, -0.25) is 0 Å². The third-order valence-electron chi connectivity index (χ3n) is 2.47. The molecule has 0 aliphatic carbocycles. The quantitative estimate of drug-likeness (QED) is 0.791. The van der Waals surface area contributed by atoms with Gasteiger partial charge in [0.25, 0.3) is 6.43 Å². The van der Waals surface area contributed by atoms with Crippen molar-refractivity contribution in [3.8, 4) is 11.9 Å². The highest BCUT2D eigenvalue weighted by Gasteiger charge is 2.31. The molecule has 0 fully saturated rings. The number of hydrogen-bond donors (Lipinski definition) is 0. The number of halogens is 6. The van der Waals surface area contributed by atoms with E-state index >= 15 is 0 Å². The van der Waals surface area contributed by atoms with Crippen LogP contribution in [0, 0.1) is 11.3 Å². The summed E-state index contributed by atoms with van der Waals surface area (Å²) in [4.78, 5) is 3.47. The van der Waals surface area contributed by atoms with E-state index in [-0.39, 0.29) is 5.82 Å². The fourth-order valence-electron chi connectivity index (χ4n) is 1.50. The number of hydrogen-bond acceptors (Lipinski definition) is 3. The molecule has 0 atom stereocenters. The zero-order chi connectivity index (χ0) is 15.8. The Morgan fingerprint density at radius 2 is 1.95 bits per heavy atom. The van der Waals surface area contributed by atoms with Crippen molar-refractivity contribution in [2.45, 2.75) is 12.6 Å². The second-order valence-electron chi connectivity index (χ2n) is 3.78. The average molecular weight is 323 g/mol. The van der Waals surface area contributed by atoms with Crippen molar-refractivity contribution >= 4 is 11.6 Å². The van der Waals surface area contributed by atoms with Gasteiger partial charge in [-0.25, -0.2) is 18.4 Å². The molecule has 0 saturated heterocycles.